The Balaban J connectivity index is 1.22. The average Bonchev–Trinajstić information content (AvgIpc) is 3.45. The van der Waals surface area contributed by atoms with Crippen LogP contribution in [0.1, 0.15) is 17.7 Å². The number of benzene rings is 3. The first-order chi connectivity index (χ1) is 20.6. The van der Waals surface area contributed by atoms with Gasteiger partial charge in [0.2, 0.25) is 16.2 Å². The van der Waals surface area contributed by atoms with E-state index in [2.05, 4.69) is 38.2 Å². The Morgan fingerprint density at radius 2 is 1.79 bits per heavy atom. The molecule has 1 aliphatic heterocycles. The van der Waals surface area contributed by atoms with Gasteiger partial charge in [-0.15, -0.1) is 23.5 Å². The highest BCUT2D eigenvalue weighted by Gasteiger charge is 2.36. The standard InChI is InChI=1S/C31H27N5O2S4/c1-2-39-30-34-29(42-35-30)33-28(37)27(20-11-4-3-5-12-20)40-22-14-10-13-21(19-22)32-31(38)36-23-15-6-8-17-25(23)41-26-18-9-7-16-24(26)36/h3-19,23,25,27H,2H2,1H3,(H,32,38)(H,33,34,35,37). The summed E-state index contributed by atoms with van der Waals surface area (Å²) in [5, 5.41) is 6.80. The zero-order chi connectivity index (χ0) is 28.9. The first kappa shape index (κ1) is 28.6. The van der Waals surface area contributed by atoms with Crippen LogP contribution in [0.4, 0.5) is 21.3 Å². The predicted molar refractivity (Wildman–Crippen MR) is 176 cm³/mol. The number of nitrogens with one attached hydrogen (secondary N) is 2. The quantitative estimate of drug-likeness (QED) is 0.190. The topological polar surface area (TPSA) is 87.2 Å². The maximum absolute atomic E-state index is 13.8. The van der Waals surface area contributed by atoms with Gasteiger partial charge < -0.3 is 5.32 Å². The summed E-state index contributed by atoms with van der Waals surface area (Å²) in [5.74, 6) is 0.674. The molecule has 11 heteroatoms. The van der Waals surface area contributed by atoms with Gasteiger partial charge in [0.1, 0.15) is 5.25 Å². The van der Waals surface area contributed by atoms with Crippen LogP contribution in [-0.2, 0) is 4.79 Å². The molecule has 1 aromatic heterocycles. The van der Waals surface area contributed by atoms with E-state index in [0.29, 0.717) is 16.0 Å². The SMILES string of the molecule is CCSc1nsc(NC(=O)C(Sc2cccc(NC(=O)N3c4ccccc4SC4C=CC=CC43)c2)c2ccccc2)n1. The number of anilines is 3. The molecule has 3 amide bonds. The monoisotopic (exact) mass is 629 g/mol. The molecule has 0 bridgehead atoms. The summed E-state index contributed by atoms with van der Waals surface area (Å²) in [6.07, 6.45) is 8.24. The minimum absolute atomic E-state index is 0.0878. The minimum Gasteiger partial charge on any atom is -0.307 e. The zero-order valence-electron chi connectivity index (χ0n) is 22.5. The molecule has 0 saturated heterocycles. The summed E-state index contributed by atoms with van der Waals surface area (Å²) in [4.78, 5) is 35.5. The van der Waals surface area contributed by atoms with Crippen LogP contribution in [0.2, 0.25) is 0 Å². The second-order valence-electron chi connectivity index (χ2n) is 9.35. The van der Waals surface area contributed by atoms with Gasteiger partial charge in [0.05, 0.1) is 17.0 Å². The van der Waals surface area contributed by atoms with Crippen molar-refractivity contribution >= 4 is 75.3 Å². The van der Waals surface area contributed by atoms with E-state index in [-0.39, 0.29) is 23.2 Å². The fourth-order valence-electron chi connectivity index (χ4n) is 4.71. The molecule has 0 fully saturated rings. The molecule has 2 heterocycles. The number of rotatable bonds is 8. The third-order valence-corrected chi connectivity index (χ3v) is 10.6. The van der Waals surface area contributed by atoms with Gasteiger partial charge in [-0.25, -0.2) is 4.79 Å². The Morgan fingerprint density at radius 3 is 2.64 bits per heavy atom. The van der Waals surface area contributed by atoms with Gasteiger partial charge in [0, 0.05) is 27.0 Å². The van der Waals surface area contributed by atoms with Crippen LogP contribution in [0, 0.1) is 0 Å². The number of aromatic nitrogens is 2. The van der Waals surface area contributed by atoms with E-state index in [9.17, 15) is 9.59 Å². The Kier molecular flexibility index (Phi) is 8.99. The highest BCUT2D eigenvalue weighted by molar-refractivity contribution is 8.00. The van der Waals surface area contributed by atoms with E-state index >= 15 is 0 Å². The number of thioether (sulfide) groups is 3. The van der Waals surface area contributed by atoms with Crippen molar-refractivity contribution in [3.8, 4) is 0 Å². The molecule has 7 nitrogen and oxygen atoms in total. The molecular formula is C31H27N5O2S4. The Morgan fingerprint density at radius 1 is 0.976 bits per heavy atom. The summed E-state index contributed by atoms with van der Waals surface area (Å²) in [6.45, 7) is 2.04. The fraction of sp³-hybridized carbons (Fsp3) is 0.161. The van der Waals surface area contributed by atoms with Crippen LogP contribution in [0.15, 0.2) is 118 Å². The van der Waals surface area contributed by atoms with Crippen LogP contribution in [0.5, 0.6) is 0 Å². The summed E-state index contributed by atoms with van der Waals surface area (Å²) >= 11 is 5.90. The molecule has 1 aliphatic carbocycles. The maximum Gasteiger partial charge on any atom is 0.326 e. The fourth-order valence-corrected chi connectivity index (χ4v) is 8.33. The number of allylic oxidation sites excluding steroid dienone is 2. The molecule has 42 heavy (non-hydrogen) atoms. The van der Waals surface area contributed by atoms with Gasteiger partial charge in [-0.1, -0.05) is 91.5 Å². The number of hydrogen-bond acceptors (Lipinski definition) is 8. The summed E-state index contributed by atoms with van der Waals surface area (Å²) in [5.41, 5.74) is 2.42. The van der Waals surface area contributed by atoms with Crippen molar-refractivity contribution in [3.63, 3.8) is 0 Å². The van der Waals surface area contributed by atoms with Crippen molar-refractivity contribution in [1.82, 2.24) is 9.36 Å². The molecule has 3 atom stereocenters. The molecule has 0 saturated carbocycles. The molecule has 3 unspecified atom stereocenters. The lowest BCUT2D eigenvalue weighted by molar-refractivity contribution is -0.115. The van der Waals surface area contributed by atoms with Gasteiger partial charge in [0.15, 0.2) is 0 Å². The number of amides is 3. The van der Waals surface area contributed by atoms with Crippen LogP contribution >= 0.6 is 46.8 Å². The van der Waals surface area contributed by atoms with Crippen molar-refractivity contribution in [2.45, 2.75) is 38.4 Å². The van der Waals surface area contributed by atoms with Crippen molar-refractivity contribution < 1.29 is 9.59 Å². The molecule has 2 N–H and O–H groups in total. The largest absolute Gasteiger partial charge is 0.326 e. The molecule has 2 aliphatic rings. The van der Waals surface area contributed by atoms with Crippen molar-refractivity contribution in [1.29, 1.82) is 0 Å². The molecule has 0 spiro atoms. The van der Waals surface area contributed by atoms with E-state index in [1.165, 1.54) is 35.1 Å². The molecule has 6 rings (SSSR count). The normalized spacial score (nSPS) is 17.7. The Labute approximate surface area is 261 Å². The second-order valence-corrected chi connectivity index (χ2v) is 13.7. The number of fused-ring (bicyclic) bond motifs is 2. The lowest BCUT2D eigenvalue weighted by Crippen LogP contribution is -2.49. The van der Waals surface area contributed by atoms with Crippen molar-refractivity contribution in [2.24, 2.45) is 0 Å². The van der Waals surface area contributed by atoms with Crippen LogP contribution < -0.4 is 15.5 Å². The molecule has 212 valence electrons. The van der Waals surface area contributed by atoms with Gasteiger partial charge >= 0.3 is 6.03 Å². The van der Waals surface area contributed by atoms with E-state index in [0.717, 1.165) is 26.8 Å². The summed E-state index contributed by atoms with van der Waals surface area (Å²) in [6, 6.07) is 25.0. The van der Waals surface area contributed by atoms with Gasteiger partial charge in [0.25, 0.3) is 0 Å². The number of urea groups is 1. The first-order valence-corrected chi connectivity index (χ1v) is 16.9. The van der Waals surface area contributed by atoms with E-state index < -0.39 is 5.25 Å². The first-order valence-electron chi connectivity index (χ1n) is 13.4. The van der Waals surface area contributed by atoms with Crippen LogP contribution in [-0.4, -0.2) is 38.3 Å². The molecule has 4 aromatic rings. The summed E-state index contributed by atoms with van der Waals surface area (Å²) < 4.78 is 4.31. The lowest BCUT2D eigenvalue weighted by Gasteiger charge is -2.40. The van der Waals surface area contributed by atoms with Gasteiger partial charge in [-0.2, -0.15) is 9.36 Å². The number of carbonyl (C=O) groups is 2. The number of para-hydroxylation sites is 1. The van der Waals surface area contributed by atoms with Crippen molar-refractivity contribution in [3.05, 3.63) is 109 Å². The lowest BCUT2D eigenvalue weighted by atomic mass is 10.1. The second kappa shape index (κ2) is 13.2. The summed E-state index contributed by atoms with van der Waals surface area (Å²) in [7, 11) is 0. The van der Waals surface area contributed by atoms with Crippen molar-refractivity contribution in [2.75, 3.05) is 21.3 Å². The van der Waals surface area contributed by atoms with E-state index in [4.69, 9.17) is 0 Å². The Bertz CT molecular complexity index is 1640. The predicted octanol–water partition coefficient (Wildman–Crippen LogP) is 8.13. The third-order valence-electron chi connectivity index (χ3n) is 6.55. The Hall–Kier alpha value is -3.51. The third kappa shape index (κ3) is 6.44. The molecular weight excluding hydrogens is 603 g/mol. The van der Waals surface area contributed by atoms with Gasteiger partial charge in [-0.3, -0.25) is 15.0 Å². The highest BCUT2D eigenvalue weighted by Crippen LogP contribution is 2.44. The zero-order valence-corrected chi connectivity index (χ0v) is 25.8. The number of carbonyl (C=O) groups excluding carboxylic acids is 2. The maximum atomic E-state index is 13.8. The van der Waals surface area contributed by atoms with E-state index in [1.54, 1.807) is 11.8 Å². The average molecular weight is 630 g/mol. The van der Waals surface area contributed by atoms with Crippen LogP contribution in [0.3, 0.4) is 0 Å². The van der Waals surface area contributed by atoms with Gasteiger partial charge in [-0.05, 0) is 41.6 Å². The van der Waals surface area contributed by atoms with E-state index in [1.807, 2.05) is 96.8 Å². The minimum atomic E-state index is -0.533. The number of nitrogens with zero attached hydrogens (tertiary/aromatic N) is 3. The number of hydrogen-bond donors (Lipinski definition) is 2. The molecule has 3 aromatic carbocycles. The highest BCUT2D eigenvalue weighted by atomic mass is 32.2. The van der Waals surface area contributed by atoms with Crippen LogP contribution in [0.25, 0.3) is 0 Å². The smallest absolute Gasteiger partial charge is 0.307 e. The molecule has 0 radical (unpaired) electrons.